The van der Waals surface area contributed by atoms with Gasteiger partial charge in [0.2, 0.25) is 0 Å². The number of rotatable bonds is 4. The van der Waals surface area contributed by atoms with Crippen molar-refractivity contribution in [1.82, 2.24) is 4.90 Å². The van der Waals surface area contributed by atoms with E-state index in [1.807, 2.05) is 20.8 Å². The Morgan fingerprint density at radius 3 is 2.40 bits per heavy atom. The van der Waals surface area contributed by atoms with Crippen LogP contribution in [0.3, 0.4) is 0 Å². The van der Waals surface area contributed by atoms with Gasteiger partial charge in [-0.05, 0) is 46.1 Å². The predicted octanol–water partition coefficient (Wildman–Crippen LogP) is 3.75. The Hall–Kier alpha value is -2.51. The van der Waals surface area contributed by atoms with E-state index in [2.05, 4.69) is 0 Å². The summed E-state index contributed by atoms with van der Waals surface area (Å²) in [5.74, 6) is 0.274. The average Bonchev–Trinajstić information content (AvgIpc) is 2.58. The number of nitro benzene ring substituents is 1. The normalized spacial score (nSPS) is 14.8. The summed E-state index contributed by atoms with van der Waals surface area (Å²) in [7, 11) is 1.43. The highest BCUT2D eigenvalue weighted by molar-refractivity contribution is 5.75. The molecule has 1 aromatic carbocycles. The average molecular weight is 351 g/mol. The van der Waals surface area contributed by atoms with Crippen molar-refractivity contribution in [3.63, 3.8) is 0 Å². The van der Waals surface area contributed by atoms with E-state index in [1.54, 1.807) is 11.0 Å². The molecule has 0 spiro atoms. The van der Waals surface area contributed by atoms with Crippen LogP contribution >= 0.6 is 0 Å². The molecule has 0 unspecified atom stereocenters. The summed E-state index contributed by atoms with van der Waals surface area (Å²) in [5, 5.41) is 12.8. The number of para-hydroxylation sites is 1. The van der Waals surface area contributed by atoms with E-state index in [1.165, 1.54) is 24.3 Å². The summed E-state index contributed by atoms with van der Waals surface area (Å²) in [6, 6.07) is 4.51. The molecule has 8 heteroatoms. The van der Waals surface area contributed by atoms with E-state index < -0.39 is 16.6 Å². The second-order valence-electron chi connectivity index (χ2n) is 6.96. The molecule has 1 aliphatic rings. The second-order valence-corrected chi connectivity index (χ2v) is 6.96. The van der Waals surface area contributed by atoms with Crippen molar-refractivity contribution in [2.24, 2.45) is 0 Å². The van der Waals surface area contributed by atoms with Gasteiger partial charge in [0.1, 0.15) is 0 Å². The summed E-state index contributed by atoms with van der Waals surface area (Å²) in [6.45, 7) is 6.70. The summed E-state index contributed by atoms with van der Waals surface area (Å²) in [4.78, 5) is 30.8. The summed E-state index contributed by atoms with van der Waals surface area (Å²) in [6.07, 6.45) is 2.44. The number of piperidine rings is 1. The lowest BCUT2D eigenvalue weighted by Gasteiger charge is -2.37. The van der Waals surface area contributed by atoms with Crippen LogP contribution in [-0.4, -0.2) is 41.7 Å². The Morgan fingerprint density at radius 2 is 1.88 bits per heavy atom. The molecule has 0 aromatic heterocycles. The minimum Gasteiger partial charge on any atom is -0.494 e. The topological polar surface area (TPSA) is 85.1 Å². The van der Waals surface area contributed by atoms with Crippen LogP contribution in [0.2, 0.25) is 0 Å². The molecule has 0 radical (unpaired) electrons. The second kappa shape index (κ2) is 7.58. The standard InChI is InChI=1S/C17H25N3O5/c1-17(2,3)19(25-16(21)18-11-6-5-7-12-18)15-13(20(22)23)9-8-10-14(15)24-4/h8-10H,5-7,11-12H2,1-4H3. The van der Waals surface area contributed by atoms with Crippen molar-refractivity contribution in [2.75, 3.05) is 25.3 Å². The molecule has 1 fully saturated rings. The fourth-order valence-corrected chi connectivity index (χ4v) is 2.76. The number of hydroxylamine groups is 1. The molecule has 25 heavy (non-hydrogen) atoms. The molecule has 1 saturated heterocycles. The van der Waals surface area contributed by atoms with Crippen molar-refractivity contribution in [2.45, 2.75) is 45.6 Å². The van der Waals surface area contributed by atoms with Gasteiger partial charge in [-0.2, -0.15) is 5.06 Å². The zero-order valence-electron chi connectivity index (χ0n) is 15.2. The first-order valence-corrected chi connectivity index (χ1v) is 8.34. The SMILES string of the molecule is COc1cccc([N+](=O)[O-])c1N(OC(=O)N1CCCCC1)C(C)(C)C. The molecule has 1 heterocycles. The molecule has 0 bridgehead atoms. The van der Waals surface area contributed by atoms with Crippen LogP contribution in [0, 0.1) is 10.1 Å². The Labute approximate surface area is 147 Å². The molecule has 0 saturated carbocycles. The lowest BCUT2D eigenvalue weighted by atomic mass is 10.1. The van der Waals surface area contributed by atoms with Crippen LogP contribution in [-0.2, 0) is 4.84 Å². The molecule has 0 aliphatic carbocycles. The van der Waals surface area contributed by atoms with Crippen LogP contribution in [0.15, 0.2) is 18.2 Å². The van der Waals surface area contributed by atoms with Crippen molar-refractivity contribution < 1.29 is 19.3 Å². The Kier molecular flexibility index (Phi) is 5.71. The Morgan fingerprint density at radius 1 is 1.24 bits per heavy atom. The summed E-state index contributed by atoms with van der Waals surface area (Å²) < 4.78 is 5.29. The number of ether oxygens (including phenoxy) is 1. The number of amides is 1. The number of anilines is 1. The number of methoxy groups -OCH3 is 1. The number of hydrogen-bond donors (Lipinski definition) is 0. The molecule has 2 rings (SSSR count). The monoisotopic (exact) mass is 351 g/mol. The number of hydrogen-bond acceptors (Lipinski definition) is 6. The molecule has 1 aliphatic heterocycles. The van der Waals surface area contributed by atoms with Crippen LogP contribution in [0.25, 0.3) is 0 Å². The van der Waals surface area contributed by atoms with Gasteiger partial charge in [-0.1, -0.05) is 6.07 Å². The number of carbonyl (C=O) groups is 1. The summed E-state index contributed by atoms with van der Waals surface area (Å²) >= 11 is 0. The highest BCUT2D eigenvalue weighted by atomic mass is 16.7. The number of nitro groups is 1. The summed E-state index contributed by atoms with van der Waals surface area (Å²) in [5.41, 5.74) is -0.751. The van der Waals surface area contributed by atoms with Crippen LogP contribution in [0.1, 0.15) is 40.0 Å². The van der Waals surface area contributed by atoms with E-state index in [9.17, 15) is 14.9 Å². The van der Waals surface area contributed by atoms with Crippen molar-refractivity contribution in [1.29, 1.82) is 0 Å². The molecule has 0 N–H and O–H groups in total. The zero-order valence-corrected chi connectivity index (χ0v) is 15.2. The number of carbonyl (C=O) groups excluding carboxylic acids is 1. The fourth-order valence-electron chi connectivity index (χ4n) is 2.76. The van der Waals surface area contributed by atoms with E-state index in [0.717, 1.165) is 19.3 Å². The fraction of sp³-hybridized carbons (Fsp3) is 0.588. The minimum absolute atomic E-state index is 0.132. The van der Waals surface area contributed by atoms with Gasteiger partial charge < -0.3 is 14.5 Å². The maximum atomic E-state index is 12.6. The van der Waals surface area contributed by atoms with Crippen molar-refractivity contribution >= 4 is 17.5 Å². The number of benzene rings is 1. The lowest BCUT2D eigenvalue weighted by Crippen LogP contribution is -2.47. The molecule has 8 nitrogen and oxygen atoms in total. The predicted molar refractivity (Wildman–Crippen MR) is 93.8 cm³/mol. The van der Waals surface area contributed by atoms with Crippen molar-refractivity contribution in [3.8, 4) is 5.75 Å². The highest BCUT2D eigenvalue weighted by Crippen LogP contribution is 2.41. The van der Waals surface area contributed by atoms with Gasteiger partial charge in [0.15, 0.2) is 11.4 Å². The molecular formula is C17H25N3O5. The Bertz CT molecular complexity index is 636. The van der Waals surface area contributed by atoms with Gasteiger partial charge in [-0.25, -0.2) is 4.79 Å². The Balaban J connectivity index is 2.41. The van der Waals surface area contributed by atoms with Gasteiger partial charge in [0.25, 0.3) is 5.69 Å². The van der Waals surface area contributed by atoms with Crippen molar-refractivity contribution in [3.05, 3.63) is 28.3 Å². The zero-order chi connectivity index (χ0) is 18.6. The first-order valence-electron chi connectivity index (χ1n) is 8.34. The smallest absolute Gasteiger partial charge is 0.434 e. The first kappa shape index (κ1) is 18.8. The van der Waals surface area contributed by atoms with E-state index in [-0.39, 0.29) is 17.1 Å². The van der Waals surface area contributed by atoms with E-state index in [0.29, 0.717) is 13.1 Å². The first-order chi connectivity index (χ1) is 11.8. The molecule has 1 amide bonds. The van der Waals surface area contributed by atoms with Crippen LogP contribution in [0.5, 0.6) is 5.75 Å². The third-order valence-corrected chi connectivity index (χ3v) is 3.99. The quantitative estimate of drug-likeness (QED) is 0.607. The maximum absolute atomic E-state index is 12.6. The molecule has 138 valence electrons. The number of nitrogens with zero attached hydrogens (tertiary/aromatic N) is 3. The molecule has 1 aromatic rings. The van der Waals surface area contributed by atoms with Gasteiger partial charge in [0.05, 0.1) is 17.6 Å². The van der Waals surface area contributed by atoms with Crippen LogP contribution in [0.4, 0.5) is 16.2 Å². The van der Waals surface area contributed by atoms with Gasteiger partial charge in [-0.3, -0.25) is 10.1 Å². The van der Waals surface area contributed by atoms with Gasteiger partial charge in [-0.15, -0.1) is 0 Å². The van der Waals surface area contributed by atoms with E-state index >= 15 is 0 Å². The molecule has 0 atom stereocenters. The highest BCUT2D eigenvalue weighted by Gasteiger charge is 2.36. The largest absolute Gasteiger partial charge is 0.494 e. The third-order valence-electron chi connectivity index (χ3n) is 3.99. The lowest BCUT2D eigenvalue weighted by molar-refractivity contribution is -0.384. The van der Waals surface area contributed by atoms with E-state index in [4.69, 9.17) is 9.57 Å². The number of likely N-dealkylation sites (tertiary alicyclic amines) is 1. The minimum atomic E-state index is -0.704. The molecular weight excluding hydrogens is 326 g/mol. The third kappa shape index (κ3) is 4.32. The van der Waals surface area contributed by atoms with Gasteiger partial charge >= 0.3 is 6.09 Å². The maximum Gasteiger partial charge on any atom is 0.434 e. The van der Waals surface area contributed by atoms with Gasteiger partial charge in [0, 0.05) is 19.2 Å². The van der Waals surface area contributed by atoms with Crippen LogP contribution < -0.4 is 9.80 Å².